The van der Waals surface area contributed by atoms with E-state index in [9.17, 15) is 0 Å². The summed E-state index contributed by atoms with van der Waals surface area (Å²) in [7, 11) is 0. The fourth-order valence-corrected chi connectivity index (χ4v) is 2.79. The van der Waals surface area contributed by atoms with Crippen LogP contribution in [0.1, 0.15) is 77.0 Å². The molecule has 1 fully saturated rings. The Hall–Kier alpha value is -0.0800. The number of nitrogens with two attached hydrogens (primary N) is 1. The molecule has 0 amide bonds. The summed E-state index contributed by atoms with van der Waals surface area (Å²) in [6.07, 6.45) is 15.1. The molecule has 0 atom stereocenters. The molecule has 0 aromatic carbocycles. The van der Waals surface area contributed by atoms with Gasteiger partial charge in [-0.1, -0.05) is 57.8 Å². The second-order valence-electron chi connectivity index (χ2n) is 5.52. The van der Waals surface area contributed by atoms with Gasteiger partial charge in [-0.3, -0.25) is 0 Å². The number of aliphatic hydroxyl groups excluding tert-OH is 1. The third-order valence-electron chi connectivity index (χ3n) is 3.96. The van der Waals surface area contributed by atoms with Crippen LogP contribution in [0, 0.1) is 0 Å². The SMILES string of the molecule is NC1(CCO)CCCCCCCCCCC1. The molecular formula is C14H29NO. The first-order valence-electron chi connectivity index (χ1n) is 7.17. The van der Waals surface area contributed by atoms with Gasteiger partial charge in [-0.15, -0.1) is 0 Å². The largest absolute Gasteiger partial charge is 0.396 e. The van der Waals surface area contributed by atoms with Crippen molar-refractivity contribution in [3.8, 4) is 0 Å². The number of rotatable bonds is 2. The standard InChI is InChI=1S/C14H29NO/c15-14(12-13-16)10-8-6-4-2-1-3-5-7-9-11-14/h16H,1-13,15H2. The molecule has 1 aliphatic carbocycles. The fourth-order valence-electron chi connectivity index (χ4n) is 2.79. The van der Waals surface area contributed by atoms with E-state index in [1.807, 2.05) is 0 Å². The maximum atomic E-state index is 9.09. The summed E-state index contributed by atoms with van der Waals surface area (Å²) in [6, 6.07) is 0. The molecule has 2 nitrogen and oxygen atoms in total. The van der Waals surface area contributed by atoms with Crippen LogP contribution in [-0.4, -0.2) is 17.3 Å². The van der Waals surface area contributed by atoms with Crippen LogP contribution in [-0.2, 0) is 0 Å². The average molecular weight is 227 g/mol. The van der Waals surface area contributed by atoms with E-state index < -0.39 is 0 Å². The predicted molar refractivity (Wildman–Crippen MR) is 69.4 cm³/mol. The van der Waals surface area contributed by atoms with E-state index in [0.29, 0.717) is 0 Å². The third kappa shape index (κ3) is 5.86. The Bertz CT molecular complexity index is 158. The van der Waals surface area contributed by atoms with Gasteiger partial charge in [-0.05, 0) is 19.3 Å². The molecule has 1 saturated carbocycles. The minimum atomic E-state index is -0.0754. The van der Waals surface area contributed by atoms with Crippen LogP contribution >= 0.6 is 0 Å². The molecule has 2 heteroatoms. The van der Waals surface area contributed by atoms with Gasteiger partial charge < -0.3 is 10.8 Å². The van der Waals surface area contributed by atoms with Crippen LogP contribution in [0.4, 0.5) is 0 Å². The Morgan fingerprint density at radius 1 is 0.750 bits per heavy atom. The highest BCUT2D eigenvalue weighted by molar-refractivity contribution is 4.83. The number of hydrogen-bond acceptors (Lipinski definition) is 2. The van der Waals surface area contributed by atoms with E-state index >= 15 is 0 Å². The van der Waals surface area contributed by atoms with E-state index in [0.717, 1.165) is 19.3 Å². The van der Waals surface area contributed by atoms with Crippen molar-refractivity contribution in [1.82, 2.24) is 0 Å². The van der Waals surface area contributed by atoms with Crippen molar-refractivity contribution < 1.29 is 5.11 Å². The quantitative estimate of drug-likeness (QED) is 0.759. The van der Waals surface area contributed by atoms with Crippen molar-refractivity contribution in [3.63, 3.8) is 0 Å². The van der Waals surface area contributed by atoms with Gasteiger partial charge in [0.25, 0.3) is 0 Å². The van der Waals surface area contributed by atoms with Crippen LogP contribution in [0.15, 0.2) is 0 Å². The van der Waals surface area contributed by atoms with Crippen LogP contribution in [0.2, 0.25) is 0 Å². The lowest BCUT2D eigenvalue weighted by Crippen LogP contribution is -2.40. The molecule has 96 valence electrons. The second kappa shape index (κ2) is 8.08. The summed E-state index contributed by atoms with van der Waals surface area (Å²) in [5.41, 5.74) is 6.31. The molecule has 0 saturated heterocycles. The van der Waals surface area contributed by atoms with Crippen LogP contribution < -0.4 is 5.73 Å². The first kappa shape index (κ1) is 14.0. The Morgan fingerprint density at radius 2 is 1.12 bits per heavy atom. The normalized spacial score (nSPS) is 24.4. The summed E-state index contributed by atoms with van der Waals surface area (Å²) in [4.78, 5) is 0. The summed E-state index contributed by atoms with van der Waals surface area (Å²) in [5, 5.41) is 9.09. The van der Waals surface area contributed by atoms with E-state index in [-0.39, 0.29) is 12.1 Å². The molecule has 0 radical (unpaired) electrons. The van der Waals surface area contributed by atoms with E-state index in [2.05, 4.69) is 0 Å². The van der Waals surface area contributed by atoms with Gasteiger partial charge in [0.05, 0.1) is 0 Å². The zero-order chi connectivity index (χ0) is 11.7. The second-order valence-corrected chi connectivity index (χ2v) is 5.52. The molecule has 3 N–H and O–H groups in total. The van der Waals surface area contributed by atoms with Gasteiger partial charge >= 0.3 is 0 Å². The molecule has 1 aliphatic rings. The Kier molecular flexibility index (Phi) is 7.06. The minimum absolute atomic E-state index is 0.0754. The molecule has 16 heavy (non-hydrogen) atoms. The Morgan fingerprint density at radius 3 is 1.50 bits per heavy atom. The van der Waals surface area contributed by atoms with Crippen molar-refractivity contribution in [2.45, 2.75) is 82.6 Å². The Balaban J connectivity index is 2.35. The molecule has 0 bridgehead atoms. The highest BCUT2D eigenvalue weighted by Gasteiger charge is 2.23. The summed E-state index contributed by atoms with van der Waals surface area (Å²) >= 11 is 0. The fraction of sp³-hybridized carbons (Fsp3) is 1.00. The minimum Gasteiger partial charge on any atom is -0.396 e. The van der Waals surface area contributed by atoms with E-state index in [1.165, 1.54) is 57.8 Å². The molecule has 0 unspecified atom stereocenters. The lowest BCUT2D eigenvalue weighted by molar-refractivity contribution is 0.215. The van der Waals surface area contributed by atoms with Crippen LogP contribution in [0.25, 0.3) is 0 Å². The monoisotopic (exact) mass is 227 g/mol. The van der Waals surface area contributed by atoms with Gasteiger partial charge in [0.1, 0.15) is 0 Å². The van der Waals surface area contributed by atoms with Crippen molar-refractivity contribution >= 4 is 0 Å². The van der Waals surface area contributed by atoms with Crippen molar-refractivity contribution in [1.29, 1.82) is 0 Å². The topological polar surface area (TPSA) is 46.2 Å². The van der Waals surface area contributed by atoms with Gasteiger partial charge in [-0.25, -0.2) is 0 Å². The molecule has 0 aliphatic heterocycles. The molecule has 1 rings (SSSR count). The lowest BCUT2D eigenvalue weighted by Gasteiger charge is -2.29. The van der Waals surface area contributed by atoms with Gasteiger partial charge in [0.15, 0.2) is 0 Å². The van der Waals surface area contributed by atoms with Crippen LogP contribution in [0.3, 0.4) is 0 Å². The van der Waals surface area contributed by atoms with Gasteiger partial charge in [0.2, 0.25) is 0 Å². The van der Waals surface area contributed by atoms with Crippen molar-refractivity contribution in [2.24, 2.45) is 5.73 Å². The first-order chi connectivity index (χ1) is 7.77. The highest BCUT2D eigenvalue weighted by Crippen LogP contribution is 2.25. The van der Waals surface area contributed by atoms with Crippen LogP contribution in [0.5, 0.6) is 0 Å². The summed E-state index contributed by atoms with van der Waals surface area (Å²) in [5.74, 6) is 0. The maximum absolute atomic E-state index is 9.09. The summed E-state index contributed by atoms with van der Waals surface area (Å²) in [6.45, 7) is 0.247. The van der Waals surface area contributed by atoms with Crippen molar-refractivity contribution in [3.05, 3.63) is 0 Å². The molecule has 0 spiro atoms. The molecular weight excluding hydrogens is 198 g/mol. The zero-order valence-electron chi connectivity index (χ0n) is 10.7. The maximum Gasteiger partial charge on any atom is 0.0448 e. The van der Waals surface area contributed by atoms with E-state index in [1.54, 1.807) is 0 Å². The summed E-state index contributed by atoms with van der Waals surface area (Å²) < 4.78 is 0. The predicted octanol–water partition coefficient (Wildman–Crippen LogP) is 3.37. The first-order valence-corrected chi connectivity index (χ1v) is 7.17. The zero-order valence-corrected chi connectivity index (χ0v) is 10.7. The smallest absolute Gasteiger partial charge is 0.0448 e. The average Bonchev–Trinajstić information content (AvgIpc) is 2.24. The van der Waals surface area contributed by atoms with Gasteiger partial charge in [0, 0.05) is 12.1 Å². The highest BCUT2D eigenvalue weighted by atomic mass is 16.3. The number of hydrogen-bond donors (Lipinski definition) is 2. The molecule has 0 heterocycles. The Labute approximate surface area is 101 Å². The lowest BCUT2D eigenvalue weighted by atomic mass is 9.84. The molecule has 0 aromatic heterocycles. The number of aliphatic hydroxyl groups is 1. The van der Waals surface area contributed by atoms with E-state index in [4.69, 9.17) is 10.8 Å². The van der Waals surface area contributed by atoms with Gasteiger partial charge in [-0.2, -0.15) is 0 Å². The molecule has 0 aromatic rings. The van der Waals surface area contributed by atoms with Crippen molar-refractivity contribution in [2.75, 3.05) is 6.61 Å². The third-order valence-corrected chi connectivity index (χ3v) is 3.96.